The number of alkyl carbamates (subject to hydrolysis) is 1. The van der Waals surface area contributed by atoms with Crippen molar-refractivity contribution in [2.75, 3.05) is 25.5 Å². The van der Waals surface area contributed by atoms with Crippen LogP contribution in [0, 0.1) is 0 Å². The minimum absolute atomic E-state index is 0. The molecule has 1 aromatic carbocycles. The van der Waals surface area contributed by atoms with Crippen LogP contribution < -0.4 is 26.6 Å². The zero-order chi connectivity index (χ0) is 22.6. The Balaban J connectivity index is 0.00000900. The molecule has 176 valence electrons. The number of ether oxygens (including phenoxy) is 1. The maximum atomic E-state index is 11.7. The van der Waals surface area contributed by atoms with E-state index in [1.807, 2.05) is 58.9 Å². The van der Waals surface area contributed by atoms with Crippen LogP contribution in [-0.4, -0.2) is 49.9 Å². The molecule has 0 aromatic heterocycles. The number of guanidine groups is 1. The van der Waals surface area contributed by atoms with E-state index in [1.165, 1.54) is 0 Å². The summed E-state index contributed by atoms with van der Waals surface area (Å²) in [5.74, 6) is 0.672. The van der Waals surface area contributed by atoms with Crippen LogP contribution in [0.2, 0.25) is 0 Å². The number of hydrogen-bond donors (Lipinski definition) is 5. The Kier molecular flexibility index (Phi) is 13.6. The number of nitrogens with zero attached hydrogens (tertiary/aromatic N) is 1. The number of urea groups is 1. The lowest BCUT2D eigenvalue weighted by molar-refractivity contribution is 0.0527. The SMILES string of the molecule is CN=C(NCCCNC(=O)OC(C)(C)C)NCc1ccc(NC(=O)NC(C)C)cc1.I. The van der Waals surface area contributed by atoms with Gasteiger partial charge in [0.05, 0.1) is 0 Å². The molecule has 1 aromatic rings. The van der Waals surface area contributed by atoms with Gasteiger partial charge in [-0.25, -0.2) is 9.59 Å². The highest BCUT2D eigenvalue weighted by atomic mass is 127. The van der Waals surface area contributed by atoms with Crippen molar-refractivity contribution in [1.29, 1.82) is 0 Å². The van der Waals surface area contributed by atoms with Crippen LogP contribution >= 0.6 is 24.0 Å². The average molecular weight is 548 g/mol. The Hall–Kier alpha value is -2.24. The second-order valence-corrected chi connectivity index (χ2v) is 8.08. The Bertz CT molecular complexity index is 702. The first-order chi connectivity index (χ1) is 14.1. The van der Waals surface area contributed by atoms with Crippen molar-refractivity contribution < 1.29 is 14.3 Å². The van der Waals surface area contributed by atoms with Gasteiger partial charge in [0.2, 0.25) is 0 Å². The minimum Gasteiger partial charge on any atom is -0.444 e. The molecule has 0 spiro atoms. The van der Waals surface area contributed by atoms with Crippen molar-refractivity contribution in [2.45, 2.75) is 59.2 Å². The maximum Gasteiger partial charge on any atom is 0.407 e. The van der Waals surface area contributed by atoms with Gasteiger partial charge in [-0.2, -0.15) is 0 Å². The van der Waals surface area contributed by atoms with Crippen molar-refractivity contribution in [2.24, 2.45) is 4.99 Å². The average Bonchev–Trinajstić information content (AvgIpc) is 2.63. The fraction of sp³-hybridized carbons (Fsp3) is 0.571. The zero-order valence-corrected chi connectivity index (χ0v) is 21.6. The van der Waals surface area contributed by atoms with E-state index in [-0.39, 0.29) is 36.0 Å². The zero-order valence-electron chi connectivity index (χ0n) is 19.3. The van der Waals surface area contributed by atoms with E-state index in [2.05, 4.69) is 31.6 Å². The smallest absolute Gasteiger partial charge is 0.407 e. The molecule has 0 heterocycles. The number of carbonyl (C=O) groups excluding carboxylic acids is 2. The van der Waals surface area contributed by atoms with Gasteiger partial charge in [-0.15, -0.1) is 24.0 Å². The number of nitrogens with one attached hydrogen (secondary N) is 5. The van der Waals surface area contributed by atoms with Gasteiger partial charge in [-0.3, -0.25) is 4.99 Å². The summed E-state index contributed by atoms with van der Waals surface area (Å²) >= 11 is 0. The summed E-state index contributed by atoms with van der Waals surface area (Å²) in [5, 5.41) is 14.7. The van der Waals surface area contributed by atoms with Crippen LogP contribution in [0.5, 0.6) is 0 Å². The molecule has 0 saturated carbocycles. The molecule has 31 heavy (non-hydrogen) atoms. The molecule has 0 aliphatic carbocycles. The third-order valence-electron chi connectivity index (χ3n) is 3.63. The second-order valence-electron chi connectivity index (χ2n) is 8.08. The predicted octanol–water partition coefficient (Wildman–Crippen LogP) is 3.41. The summed E-state index contributed by atoms with van der Waals surface area (Å²) in [6, 6.07) is 7.46. The van der Waals surface area contributed by atoms with Gasteiger partial charge in [-0.1, -0.05) is 12.1 Å². The van der Waals surface area contributed by atoms with Gasteiger partial charge in [0.25, 0.3) is 0 Å². The van der Waals surface area contributed by atoms with Crippen LogP contribution in [0.3, 0.4) is 0 Å². The molecule has 0 bridgehead atoms. The van der Waals surface area contributed by atoms with Gasteiger partial charge >= 0.3 is 12.1 Å². The number of carbonyl (C=O) groups is 2. The molecule has 0 fully saturated rings. The summed E-state index contributed by atoms with van der Waals surface area (Å²) in [5.41, 5.74) is 1.29. The predicted molar refractivity (Wildman–Crippen MR) is 136 cm³/mol. The largest absolute Gasteiger partial charge is 0.444 e. The number of anilines is 1. The van der Waals surface area contributed by atoms with Crippen molar-refractivity contribution in [1.82, 2.24) is 21.3 Å². The van der Waals surface area contributed by atoms with Crippen LogP contribution in [0.25, 0.3) is 0 Å². The number of hydrogen-bond acceptors (Lipinski definition) is 4. The number of halogens is 1. The lowest BCUT2D eigenvalue weighted by atomic mass is 10.2. The lowest BCUT2D eigenvalue weighted by Gasteiger charge is -2.19. The summed E-state index contributed by atoms with van der Waals surface area (Å²) in [4.78, 5) is 27.5. The molecule has 5 N–H and O–H groups in total. The standard InChI is InChI=1S/C21H36N6O3.HI/c1-15(2)26-19(28)27-17-10-8-16(9-11-17)14-25-18(22-6)23-12-7-13-24-20(29)30-21(3,4)5;/h8-11,15H,7,12-14H2,1-6H3,(H,24,29)(H2,22,23,25)(H2,26,27,28);1H. The molecular formula is C21H37IN6O3. The second kappa shape index (κ2) is 14.7. The number of rotatable bonds is 8. The highest BCUT2D eigenvalue weighted by Gasteiger charge is 2.15. The normalized spacial score (nSPS) is 11.3. The van der Waals surface area contributed by atoms with E-state index >= 15 is 0 Å². The Labute approximate surface area is 202 Å². The first-order valence-corrected chi connectivity index (χ1v) is 10.2. The molecule has 0 saturated heterocycles. The maximum absolute atomic E-state index is 11.7. The quantitative estimate of drug-likeness (QED) is 0.148. The number of benzene rings is 1. The Morgan fingerprint density at radius 1 is 1.03 bits per heavy atom. The highest BCUT2D eigenvalue weighted by molar-refractivity contribution is 14.0. The summed E-state index contributed by atoms with van der Waals surface area (Å²) < 4.78 is 5.19. The van der Waals surface area contributed by atoms with Crippen LogP contribution in [-0.2, 0) is 11.3 Å². The minimum atomic E-state index is -0.497. The van der Waals surface area contributed by atoms with E-state index in [9.17, 15) is 9.59 Å². The Morgan fingerprint density at radius 3 is 2.19 bits per heavy atom. The van der Waals surface area contributed by atoms with E-state index in [4.69, 9.17) is 4.74 Å². The fourth-order valence-electron chi connectivity index (χ4n) is 2.34. The molecule has 0 radical (unpaired) electrons. The lowest BCUT2D eigenvalue weighted by Crippen LogP contribution is -2.39. The van der Waals surface area contributed by atoms with E-state index in [0.29, 0.717) is 25.6 Å². The van der Waals surface area contributed by atoms with Crippen molar-refractivity contribution in [3.63, 3.8) is 0 Å². The van der Waals surface area contributed by atoms with Gasteiger partial charge in [0.1, 0.15) is 5.60 Å². The van der Waals surface area contributed by atoms with Crippen molar-refractivity contribution in [3.8, 4) is 0 Å². The molecule has 1 rings (SSSR count). The Morgan fingerprint density at radius 2 is 1.65 bits per heavy atom. The molecule has 0 aliphatic rings. The number of aliphatic imine (C=N–C) groups is 1. The van der Waals surface area contributed by atoms with Gasteiger partial charge < -0.3 is 31.3 Å². The first kappa shape index (κ1) is 28.8. The first-order valence-electron chi connectivity index (χ1n) is 10.2. The molecule has 0 atom stereocenters. The van der Waals surface area contributed by atoms with Crippen LogP contribution in [0.4, 0.5) is 15.3 Å². The number of amides is 3. The molecule has 10 heteroatoms. The van der Waals surface area contributed by atoms with Crippen LogP contribution in [0.15, 0.2) is 29.3 Å². The van der Waals surface area contributed by atoms with Crippen molar-refractivity contribution >= 4 is 47.7 Å². The van der Waals surface area contributed by atoms with Gasteiger partial charge in [0.15, 0.2) is 5.96 Å². The summed E-state index contributed by atoms with van der Waals surface area (Å²) in [6.45, 7) is 11.1. The van der Waals surface area contributed by atoms with E-state index < -0.39 is 11.7 Å². The third kappa shape index (κ3) is 14.4. The third-order valence-corrected chi connectivity index (χ3v) is 3.63. The molecule has 9 nitrogen and oxygen atoms in total. The fourth-order valence-corrected chi connectivity index (χ4v) is 2.34. The van der Waals surface area contributed by atoms with Crippen molar-refractivity contribution in [3.05, 3.63) is 29.8 Å². The van der Waals surface area contributed by atoms with Crippen LogP contribution in [0.1, 0.15) is 46.6 Å². The topological polar surface area (TPSA) is 116 Å². The van der Waals surface area contributed by atoms with E-state index in [1.54, 1.807) is 7.05 Å². The highest BCUT2D eigenvalue weighted by Crippen LogP contribution is 2.09. The monoisotopic (exact) mass is 548 g/mol. The molecule has 0 aliphatic heterocycles. The molecule has 3 amide bonds. The van der Waals surface area contributed by atoms with Gasteiger partial charge in [-0.05, 0) is 58.7 Å². The summed E-state index contributed by atoms with van der Waals surface area (Å²) in [7, 11) is 1.70. The summed E-state index contributed by atoms with van der Waals surface area (Å²) in [6.07, 6.45) is 0.322. The molecule has 0 unspecified atom stereocenters. The van der Waals surface area contributed by atoms with Gasteiger partial charge in [0, 0.05) is 38.4 Å². The van der Waals surface area contributed by atoms with E-state index in [0.717, 1.165) is 17.7 Å². The molecular weight excluding hydrogens is 511 g/mol.